The number of hydrogen-bond donors (Lipinski definition) is 1. The maximum absolute atomic E-state index is 6.31. The molecule has 0 saturated heterocycles. The quantitative estimate of drug-likeness (QED) is 0.779. The van der Waals surface area contributed by atoms with E-state index < -0.39 is 0 Å². The van der Waals surface area contributed by atoms with Gasteiger partial charge in [-0.3, -0.25) is 4.98 Å². The van der Waals surface area contributed by atoms with E-state index in [1.165, 1.54) is 0 Å². The summed E-state index contributed by atoms with van der Waals surface area (Å²) in [5.41, 5.74) is 3.18. The van der Waals surface area contributed by atoms with Crippen molar-refractivity contribution < 1.29 is 0 Å². The third-order valence-electron chi connectivity index (χ3n) is 3.45. The highest BCUT2D eigenvalue weighted by molar-refractivity contribution is 6.31. The maximum atomic E-state index is 6.31. The minimum absolute atomic E-state index is 0.0424. The van der Waals surface area contributed by atoms with Crippen LogP contribution in [-0.4, -0.2) is 12.0 Å². The van der Waals surface area contributed by atoms with Crippen molar-refractivity contribution in [2.24, 2.45) is 0 Å². The molecule has 0 bridgehead atoms. The minimum Gasteiger partial charge on any atom is -0.309 e. The van der Waals surface area contributed by atoms with Crippen molar-refractivity contribution in [2.75, 3.05) is 7.05 Å². The van der Waals surface area contributed by atoms with Gasteiger partial charge in [-0.05, 0) is 36.4 Å². The summed E-state index contributed by atoms with van der Waals surface area (Å²) < 4.78 is 0. The Bertz CT molecular complexity index is 740. The van der Waals surface area contributed by atoms with E-state index in [1.807, 2.05) is 55.7 Å². The summed E-state index contributed by atoms with van der Waals surface area (Å²) in [6.07, 6.45) is 1.91. The molecule has 0 radical (unpaired) electrons. The molecule has 2 aromatic carbocycles. The van der Waals surface area contributed by atoms with Gasteiger partial charge < -0.3 is 5.32 Å². The van der Waals surface area contributed by atoms with E-state index >= 15 is 0 Å². The molecule has 0 aliphatic carbocycles. The van der Waals surface area contributed by atoms with Crippen molar-refractivity contribution in [3.8, 4) is 0 Å². The Morgan fingerprint density at radius 3 is 2.60 bits per heavy atom. The Kier molecular flexibility index (Phi) is 3.68. The van der Waals surface area contributed by atoms with Gasteiger partial charge in [-0.15, -0.1) is 0 Å². The van der Waals surface area contributed by atoms with Gasteiger partial charge >= 0.3 is 0 Å². The molecule has 3 rings (SSSR count). The van der Waals surface area contributed by atoms with E-state index in [1.54, 1.807) is 0 Å². The SMILES string of the molecule is CNC(c1cnc2ccccc2c1)c1ccccc1Cl. The molecule has 1 heterocycles. The lowest BCUT2D eigenvalue weighted by Crippen LogP contribution is -2.18. The van der Waals surface area contributed by atoms with E-state index in [0.717, 1.165) is 27.1 Å². The third kappa shape index (κ3) is 2.40. The fraction of sp³-hybridized carbons (Fsp3) is 0.118. The van der Waals surface area contributed by atoms with E-state index in [0.29, 0.717) is 0 Å². The Labute approximate surface area is 123 Å². The average molecular weight is 283 g/mol. The molecule has 1 aromatic heterocycles. The van der Waals surface area contributed by atoms with Crippen LogP contribution in [0.3, 0.4) is 0 Å². The van der Waals surface area contributed by atoms with Crippen LogP contribution in [0.25, 0.3) is 10.9 Å². The van der Waals surface area contributed by atoms with E-state index in [9.17, 15) is 0 Å². The molecule has 0 aliphatic heterocycles. The van der Waals surface area contributed by atoms with Gasteiger partial charge in [-0.25, -0.2) is 0 Å². The lowest BCUT2D eigenvalue weighted by molar-refractivity contribution is 0.690. The van der Waals surface area contributed by atoms with Gasteiger partial charge in [-0.1, -0.05) is 48.0 Å². The lowest BCUT2D eigenvalue weighted by Gasteiger charge is -2.18. The zero-order valence-electron chi connectivity index (χ0n) is 11.2. The molecule has 0 aliphatic rings. The molecular weight excluding hydrogens is 268 g/mol. The fourth-order valence-corrected chi connectivity index (χ4v) is 2.70. The third-order valence-corrected chi connectivity index (χ3v) is 3.79. The first-order valence-corrected chi connectivity index (χ1v) is 6.94. The van der Waals surface area contributed by atoms with Gasteiger partial charge in [0.25, 0.3) is 0 Å². The molecule has 3 heteroatoms. The maximum Gasteiger partial charge on any atom is 0.0702 e. The van der Waals surface area contributed by atoms with E-state index in [4.69, 9.17) is 11.6 Å². The van der Waals surface area contributed by atoms with Gasteiger partial charge in [0.1, 0.15) is 0 Å². The molecule has 2 nitrogen and oxygen atoms in total. The summed E-state index contributed by atoms with van der Waals surface area (Å²) in [4.78, 5) is 4.52. The number of halogens is 1. The Morgan fingerprint density at radius 2 is 1.80 bits per heavy atom. The summed E-state index contributed by atoms with van der Waals surface area (Å²) in [6, 6.07) is 18.2. The number of nitrogens with zero attached hydrogens (tertiary/aromatic N) is 1. The van der Waals surface area contributed by atoms with Crippen molar-refractivity contribution in [1.29, 1.82) is 0 Å². The van der Waals surface area contributed by atoms with Crippen LogP contribution in [0.15, 0.2) is 60.8 Å². The second-order valence-electron chi connectivity index (χ2n) is 4.70. The second-order valence-corrected chi connectivity index (χ2v) is 5.11. The van der Waals surface area contributed by atoms with E-state index in [2.05, 4.69) is 22.4 Å². The normalized spacial score (nSPS) is 12.5. The number of nitrogens with one attached hydrogen (secondary N) is 1. The predicted molar refractivity (Wildman–Crippen MR) is 84.1 cm³/mol. The van der Waals surface area contributed by atoms with Crippen LogP contribution >= 0.6 is 11.6 Å². The summed E-state index contributed by atoms with van der Waals surface area (Å²) >= 11 is 6.31. The summed E-state index contributed by atoms with van der Waals surface area (Å²) in [5.74, 6) is 0. The molecule has 1 unspecified atom stereocenters. The highest BCUT2D eigenvalue weighted by Crippen LogP contribution is 2.28. The van der Waals surface area contributed by atoms with Gasteiger partial charge in [0.05, 0.1) is 11.6 Å². The molecule has 3 aromatic rings. The Balaban J connectivity index is 2.10. The minimum atomic E-state index is 0.0424. The van der Waals surface area contributed by atoms with Crippen molar-refractivity contribution in [3.63, 3.8) is 0 Å². The molecule has 0 amide bonds. The second kappa shape index (κ2) is 5.61. The first-order valence-electron chi connectivity index (χ1n) is 6.56. The summed E-state index contributed by atoms with van der Waals surface area (Å²) in [5, 5.41) is 5.22. The first kappa shape index (κ1) is 13.1. The van der Waals surface area contributed by atoms with Crippen LogP contribution in [0.4, 0.5) is 0 Å². The number of fused-ring (bicyclic) bond motifs is 1. The van der Waals surface area contributed by atoms with Crippen LogP contribution in [-0.2, 0) is 0 Å². The van der Waals surface area contributed by atoms with Gasteiger partial charge in [0.2, 0.25) is 0 Å². The van der Waals surface area contributed by atoms with Gasteiger partial charge in [-0.2, -0.15) is 0 Å². The number of para-hydroxylation sites is 1. The topological polar surface area (TPSA) is 24.9 Å². The standard InChI is InChI=1S/C17H15ClN2/c1-19-17(14-7-3-4-8-15(14)18)13-10-12-6-2-5-9-16(12)20-11-13/h2-11,17,19H,1H3. The van der Waals surface area contributed by atoms with Gasteiger partial charge in [0.15, 0.2) is 0 Å². The molecule has 20 heavy (non-hydrogen) atoms. The molecule has 0 spiro atoms. The summed E-state index contributed by atoms with van der Waals surface area (Å²) in [7, 11) is 1.93. The van der Waals surface area contributed by atoms with Gasteiger partial charge in [0, 0.05) is 16.6 Å². The van der Waals surface area contributed by atoms with Crippen molar-refractivity contribution >= 4 is 22.5 Å². The van der Waals surface area contributed by atoms with Crippen molar-refractivity contribution in [2.45, 2.75) is 6.04 Å². The van der Waals surface area contributed by atoms with Crippen LogP contribution in [0.2, 0.25) is 5.02 Å². The molecule has 100 valence electrons. The van der Waals surface area contributed by atoms with Crippen LogP contribution in [0, 0.1) is 0 Å². The van der Waals surface area contributed by atoms with Crippen molar-refractivity contribution in [3.05, 3.63) is 76.9 Å². The average Bonchev–Trinajstić information content (AvgIpc) is 2.50. The number of benzene rings is 2. The Morgan fingerprint density at radius 1 is 1.05 bits per heavy atom. The highest BCUT2D eigenvalue weighted by Gasteiger charge is 2.15. The molecule has 1 atom stereocenters. The van der Waals surface area contributed by atoms with Crippen LogP contribution in [0.1, 0.15) is 17.2 Å². The monoisotopic (exact) mass is 282 g/mol. The van der Waals surface area contributed by atoms with Crippen LogP contribution in [0.5, 0.6) is 0 Å². The molecule has 0 saturated carbocycles. The number of pyridine rings is 1. The van der Waals surface area contributed by atoms with Crippen LogP contribution < -0.4 is 5.32 Å². The van der Waals surface area contributed by atoms with E-state index in [-0.39, 0.29) is 6.04 Å². The molecular formula is C17H15ClN2. The zero-order chi connectivity index (χ0) is 13.9. The number of aromatic nitrogens is 1. The number of rotatable bonds is 3. The van der Waals surface area contributed by atoms with Crippen molar-refractivity contribution in [1.82, 2.24) is 10.3 Å². The fourth-order valence-electron chi connectivity index (χ4n) is 2.46. The predicted octanol–water partition coefficient (Wildman–Crippen LogP) is 4.20. The molecule has 0 fully saturated rings. The highest BCUT2D eigenvalue weighted by atomic mass is 35.5. The zero-order valence-corrected chi connectivity index (χ0v) is 11.9. The smallest absolute Gasteiger partial charge is 0.0702 e. The largest absolute Gasteiger partial charge is 0.309 e. The first-order chi connectivity index (χ1) is 9.79. The number of hydrogen-bond acceptors (Lipinski definition) is 2. The molecule has 1 N–H and O–H groups in total. The lowest BCUT2D eigenvalue weighted by atomic mass is 9.99. The Hall–Kier alpha value is -1.90. The summed E-state index contributed by atoms with van der Waals surface area (Å²) in [6.45, 7) is 0.